The van der Waals surface area contributed by atoms with Gasteiger partial charge in [-0.2, -0.15) is 11.8 Å². The number of piperidine rings is 1. The lowest BCUT2D eigenvalue weighted by Gasteiger charge is -2.34. The lowest BCUT2D eigenvalue weighted by atomic mass is 10.00. The van der Waals surface area contributed by atoms with Crippen molar-refractivity contribution in [1.29, 1.82) is 0 Å². The lowest BCUT2D eigenvalue weighted by Crippen LogP contribution is -2.48. The number of rotatable bonds is 5. The zero-order valence-electron chi connectivity index (χ0n) is 16.0. The van der Waals surface area contributed by atoms with Gasteiger partial charge in [0.15, 0.2) is 5.96 Å². The fourth-order valence-corrected chi connectivity index (χ4v) is 4.60. The van der Waals surface area contributed by atoms with Gasteiger partial charge in [-0.05, 0) is 32.1 Å². The van der Waals surface area contributed by atoms with E-state index in [4.69, 9.17) is 4.99 Å². The van der Waals surface area contributed by atoms with E-state index in [0.717, 1.165) is 50.9 Å². The van der Waals surface area contributed by atoms with Crippen molar-refractivity contribution < 1.29 is 4.79 Å². The van der Waals surface area contributed by atoms with Crippen LogP contribution >= 0.6 is 35.7 Å². The molecule has 0 spiro atoms. The quantitative estimate of drug-likeness (QED) is 0.372. The molecule has 2 atom stereocenters. The molecule has 2 aliphatic rings. The molecule has 0 aromatic heterocycles. The second-order valence-electron chi connectivity index (χ2n) is 6.92. The first-order chi connectivity index (χ1) is 11.6. The first-order valence-electron chi connectivity index (χ1n) is 9.56. The predicted molar refractivity (Wildman–Crippen MR) is 119 cm³/mol. The average molecular weight is 482 g/mol. The Morgan fingerprint density at radius 3 is 2.72 bits per heavy atom. The Bertz CT molecular complexity index is 435. The standard InChI is InChI=1S/C18H34N4OS.HI/c1-4-16-14-22(11-12-24-16)18(19-5-2)20-9-8-17(23)21-10-6-7-15(3)13-21;/h15-16H,4-14H2,1-3H3,(H,19,20);1H. The highest BCUT2D eigenvalue weighted by Gasteiger charge is 2.22. The zero-order valence-corrected chi connectivity index (χ0v) is 19.1. The van der Waals surface area contributed by atoms with E-state index in [2.05, 4.69) is 42.7 Å². The van der Waals surface area contributed by atoms with Crippen LogP contribution in [-0.2, 0) is 4.79 Å². The Morgan fingerprint density at radius 2 is 2.04 bits per heavy atom. The van der Waals surface area contributed by atoms with E-state index in [1.165, 1.54) is 12.8 Å². The molecule has 2 saturated heterocycles. The van der Waals surface area contributed by atoms with E-state index < -0.39 is 0 Å². The summed E-state index contributed by atoms with van der Waals surface area (Å²) < 4.78 is 0. The van der Waals surface area contributed by atoms with E-state index in [1.54, 1.807) is 0 Å². The monoisotopic (exact) mass is 482 g/mol. The number of hydrogen-bond acceptors (Lipinski definition) is 3. The third-order valence-corrected chi connectivity index (χ3v) is 6.20. The van der Waals surface area contributed by atoms with Crippen molar-refractivity contribution in [2.75, 3.05) is 45.0 Å². The zero-order chi connectivity index (χ0) is 17.4. The molecule has 0 bridgehead atoms. The van der Waals surface area contributed by atoms with Crippen LogP contribution in [0.4, 0.5) is 0 Å². The van der Waals surface area contributed by atoms with E-state index in [1.807, 2.05) is 4.90 Å². The van der Waals surface area contributed by atoms with Crippen LogP contribution in [0.15, 0.2) is 4.99 Å². The first-order valence-corrected chi connectivity index (χ1v) is 10.6. The van der Waals surface area contributed by atoms with Gasteiger partial charge in [-0.25, -0.2) is 0 Å². The summed E-state index contributed by atoms with van der Waals surface area (Å²) in [5.74, 6) is 3.05. The summed E-state index contributed by atoms with van der Waals surface area (Å²) in [7, 11) is 0. The third-order valence-electron chi connectivity index (χ3n) is 4.83. The molecule has 5 nitrogen and oxygen atoms in total. The Labute approximate surface area is 174 Å². The number of amides is 1. The Balaban J connectivity index is 0.00000312. The summed E-state index contributed by atoms with van der Waals surface area (Å²) in [6.07, 6.45) is 4.12. The molecule has 146 valence electrons. The van der Waals surface area contributed by atoms with Gasteiger partial charge in [0.25, 0.3) is 0 Å². The molecule has 0 radical (unpaired) electrons. The maximum absolute atomic E-state index is 12.4. The van der Waals surface area contributed by atoms with Crippen LogP contribution in [0.5, 0.6) is 0 Å². The maximum atomic E-state index is 12.4. The molecule has 25 heavy (non-hydrogen) atoms. The van der Waals surface area contributed by atoms with Gasteiger partial charge in [-0.15, -0.1) is 24.0 Å². The highest BCUT2D eigenvalue weighted by atomic mass is 127. The van der Waals surface area contributed by atoms with Crippen LogP contribution in [0, 0.1) is 5.92 Å². The van der Waals surface area contributed by atoms with Gasteiger partial charge < -0.3 is 15.1 Å². The predicted octanol–water partition coefficient (Wildman–Crippen LogP) is 3.05. The number of carbonyl (C=O) groups excluding carboxylic acids is 1. The molecule has 0 aromatic carbocycles. The SMILES string of the molecule is CCNC(=NCCC(=O)N1CCCC(C)C1)N1CCSC(CC)C1.I. The van der Waals surface area contributed by atoms with E-state index >= 15 is 0 Å². The fraction of sp³-hybridized carbons (Fsp3) is 0.889. The van der Waals surface area contributed by atoms with Crippen LogP contribution < -0.4 is 5.32 Å². The van der Waals surface area contributed by atoms with Gasteiger partial charge in [0.1, 0.15) is 0 Å². The summed E-state index contributed by atoms with van der Waals surface area (Å²) >= 11 is 2.06. The summed E-state index contributed by atoms with van der Waals surface area (Å²) in [5.41, 5.74) is 0. The van der Waals surface area contributed by atoms with Gasteiger partial charge in [0, 0.05) is 50.1 Å². The third kappa shape index (κ3) is 7.53. The second-order valence-corrected chi connectivity index (χ2v) is 8.33. The first kappa shape index (κ1) is 22.9. The number of likely N-dealkylation sites (tertiary alicyclic amines) is 1. The summed E-state index contributed by atoms with van der Waals surface area (Å²) in [5, 5.41) is 4.09. The number of halogens is 1. The van der Waals surface area contributed by atoms with E-state index in [-0.39, 0.29) is 29.9 Å². The summed E-state index contributed by atoms with van der Waals surface area (Å²) in [6.45, 7) is 12.0. The molecule has 2 fully saturated rings. The fourth-order valence-electron chi connectivity index (χ4n) is 3.42. The maximum Gasteiger partial charge on any atom is 0.224 e. The van der Waals surface area contributed by atoms with Crippen LogP contribution in [0.1, 0.15) is 46.5 Å². The summed E-state index contributed by atoms with van der Waals surface area (Å²) in [4.78, 5) is 21.5. The number of hydrogen-bond donors (Lipinski definition) is 1. The van der Waals surface area contributed by atoms with Gasteiger partial charge in [-0.1, -0.05) is 13.8 Å². The van der Waals surface area contributed by atoms with Crippen LogP contribution in [0.25, 0.3) is 0 Å². The molecule has 0 saturated carbocycles. The van der Waals surface area contributed by atoms with Gasteiger partial charge in [0.05, 0.1) is 6.54 Å². The normalized spacial score (nSPS) is 24.7. The topological polar surface area (TPSA) is 47.9 Å². The molecule has 0 aliphatic carbocycles. The number of nitrogens with one attached hydrogen (secondary N) is 1. The summed E-state index contributed by atoms with van der Waals surface area (Å²) in [6, 6.07) is 0. The molecular formula is C18H35IN4OS. The molecule has 7 heteroatoms. The van der Waals surface area contributed by atoms with Crippen molar-refractivity contribution in [3.05, 3.63) is 0 Å². The minimum Gasteiger partial charge on any atom is -0.357 e. The minimum absolute atomic E-state index is 0. The van der Waals surface area contributed by atoms with Crippen molar-refractivity contribution in [3.8, 4) is 0 Å². The van der Waals surface area contributed by atoms with Crippen molar-refractivity contribution in [2.24, 2.45) is 10.9 Å². The Hall–Kier alpha value is -0.180. The van der Waals surface area contributed by atoms with E-state index in [9.17, 15) is 4.79 Å². The molecule has 1 N–H and O–H groups in total. The molecule has 2 unspecified atom stereocenters. The van der Waals surface area contributed by atoms with Gasteiger partial charge >= 0.3 is 0 Å². The van der Waals surface area contributed by atoms with Crippen molar-refractivity contribution in [1.82, 2.24) is 15.1 Å². The van der Waals surface area contributed by atoms with Crippen molar-refractivity contribution in [3.63, 3.8) is 0 Å². The smallest absolute Gasteiger partial charge is 0.224 e. The highest BCUT2D eigenvalue weighted by Crippen LogP contribution is 2.21. The largest absolute Gasteiger partial charge is 0.357 e. The van der Waals surface area contributed by atoms with Crippen LogP contribution in [0.2, 0.25) is 0 Å². The molecule has 0 aromatic rings. The minimum atomic E-state index is 0. The van der Waals surface area contributed by atoms with Gasteiger partial charge in [0.2, 0.25) is 5.91 Å². The molecule has 2 rings (SSSR count). The van der Waals surface area contributed by atoms with Crippen LogP contribution in [0.3, 0.4) is 0 Å². The van der Waals surface area contributed by atoms with Gasteiger partial charge in [-0.3, -0.25) is 9.79 Å². The molecule has 2 aliphatic heterocycles. The number of nitrogens with zero attached hydrogens (tertiary/aromatic N) is 3. The average Bonchev–Trinajstić information content (AvgIpc) is 2.61. The lowest BCUT2D eigenvalue weighted by molar-refractivity contribution is -0.132. The second kappa shape index (κ2) is 12.3. The number of aliphatic imine (C=N–C) groups is 1. The highest BCUT2D eigenvalue weighted by molar-refractivity contribution is 14.0. The van der Waals surface area contributed by atoms with E-state index in [0.29, 0.717) is 24.1 Å². The van der Waals surface area contributed by atoms with Crippen LogP contribution in [-0.4, -0.2) is 71.9 Å². The Morgan fingerprint density at radius 1 is 1.24 bits per heavy atom. The number of guanidine groups is 1. The van der Waals surface area contributed by atoms with Crippen molar-refractivity contribution >= 4 is 47.6 Å². The number of carbonyl (C=O) groups is 1. The Kier molecular flexibility index (Phi) is 11.2. The molecular weight excluding hydrogens is 447 g/mol. The molecule has 1 amide bonds. The van der Waals surface area contributed by atoms with Crippen molar-refractivity contribution in [2.45, 2.75) is 51.7 Å². The number of thioether (sulfide) groups is 1. The molecule has 2 heterocycles.